The maximum Gasteiger partial charge on any atom is 0.236 e. The van der Waals surface area contributed by atoms with Crippen molar-refractivity contribution in [2.24, 2.45) is 5.92 Å². The Morgan fingerprint density at radius 3 is 2.70 bits per heavy atom. The van der Waals surface area contributed by atoms with Gasteiger partial charge in [0.1, 0.15) is 17.2 Å². The van der Waals surface area contributed by atoms with Crippen molar-refractivity contribution in [3.8, 4) is 17.1 Å². The second-order valence-electron chi connectivity index (χ2n) is 6.54. The predicted molar refractivity (Wildman–Crippen MR) is 102 cm³/mol. The molecule has 0 spiro atoms. The van der Waals surface area contributed by atoms with Crippen LogP contribution in [-0.4, -0.2) is 28.1 Å². The first-order valence-electron chi connectivity index (χ1n) is 8.71. The molecule has 1 unspecified atom stereocenters. The van der Waals surface area contributed by atoms with E-state index in [0.29, 0.717) is 11.7 Å². The van der Waals surface area contributed by atoms with Gasteiger partial charge in [-0.3, -0.25) is 4.79 Å². The number of carbonyl (C=O) groups excluding carboxylic acids is 1. The Kier molecular flexibility index (Phi) is 6.18. The van der Waals surface area contributed by atoms with E-state index in [2.05, 4.69) is 34.3 Å². The molecule has 1 atom stereocenters. The van der Waals surface area contributed by atoms with Crippen molar-refractivity contribution >= 4 is 17.2 Å². The Hall–Kier alpha value is -2.74. The zero-order valence-electron chi connectivity index (χ0n) is 15.5. The fourth-order valence-electron chi connectivity index (χ4n) is 2.67. The number of hydrogen-bond donors (Lipinski definition) is 1. The van der Waals surface area contributed by atoms with Crippen molar-refractivity contribution in [3.63, 3.8) is 0 Å². The van der Waals surface area contributed by atoms with Crippen LogP contribution in [0, 0.1) is 5.92 Å². The number of rotatable bonds is 8. The van der Waals surface area contributed by atoms with Crippen LogP contribution in [0.15, 0.2) is 40.4 Å². The predicted octanol–water partition coefficient (Wildman–Crippen LogP) is 3.65. The molecule has 8 heteroatoms. The summed E-state index contributed by atoms with van der Waals surface area (Å²) in [7, 11) is 1.61. The molecular formula is C19H22N4O3S. The van der Waals surface area contributed by atoms with Crippen LogP contribution in [-0.2, 0) is 11.2 Å². The van der Waals surface area contributed by atoms with Crippen molar-refractivity contribution in [3.05, 3.63) is 46.7 Å². The first-order chi connectivity index (χ1) is 13.0. The average Bonchev–Trinajstić information content (AvgIpc) is 3.33. The van der Waals surface area contributed by atoms with Gasteiger partial charge < -0.3 is 14.6 Å². The molecule has 3 aromatic rings. The lowest BCUT2D eigenvalue weighted by molar-refractivity contribution is -0.121. The Morgan fingerprint density at radius 1 is 1.30 bits per heavy atom. The lowest BCUT2D eigenvalue weighted by Gasteiger charge is -2.18. The molecule has 0 aliphatic rings. The molecule has 0 fully saturated rings. The summed E-state index contributed by atoms with van der Waals surface area (Å²) >= 11 is 1.54. The summed E-state index contributed by atoms with van der Waals surface area (Å²) in [4.78, 5) is 21.1. The topological polar surface area (TPSA) is 90.1 Å². The quantitative estimate of drug-likeness (QED) is 0.635. The lowest BCUT2D eigenvalue weighted by atomic mass is 10.0. The molecular weight excluding hydrogens is 364 g/mol. The first kappa shape index (κ1) is 19.0. The number of benzene rings is 1. The van der Waals surface area contributed by atoms with E-state index >= 15 is 0 Å². The Morgan fingerprint density at radius 2 is 2.07 bits per heavy atom. The second kappa shape index (κ2) is 8.77. The second-order valence-corrected chi connectivity index (χ2v) is 7.46. The average molecular weight is 386 g/mol. The van der Waals surface area contributed by atoms with Gasteiger partial charge in [-0.2, -0.15) is 4.98 Å². The molecule has 1 N–H and O–H groups in total. The van der Waals surface area contributed by atoms with E-state index in [9.17, 15) is 4.79 Å². The Balaban J connectivity index is 1.64. The molecule has 1 aromatic carbocycles. The third kappa shape index (κ3) is 5.13. The van der Waals surface area contributed by atoms with Gasteiger partial charge >= 0.3 is 0 Å². The molecule has 1 amide bonds. The van der Waals surface area contributed by atoms with E-state index in [-0.39, 0.29) is 24.3 Å². The van der Waals surface area contributed by atoms with Gasteiger partial charge in [-0.25, -0.2) is 4.98 Å². The molecule has 142 valence electrons. The molecule has 27 heavy (non-hydrogen) atoms. The minimum Gasteiger partial charge on any atom is -0.497 e. The Labute approximate surface area is 161 Å². The third-order valence-corrected chi connectivity index (χ3v) is 4.81. The van der Waals surface area contributed by atoms with Crippen molar-refractivity contribution < 1.29 is 14.1 Å². The number of methoxy groups -OCH3 is 1. The van der Waals surface area contributed by atoms with Gasteiger partial charge in [0.05, 0.1) is 13.2 Å². The van der Waals surface area contributed by atoms with Crippen LogP contribution >= 0.6 is 11.3 Å². The van der Waals surface area contributed by atoms with Crippen LogP contribution < -0.4 is 10.1 Å². The minimum absolute atomic E-state index is 0.0309. The van der Waals surface area contributed by atoms with E-state index in [0.717, 1.165) is 22.7 Å². The van der Waals surface area contributed by atoms with Crippen molar-refractivity contribution in [2.75, 3.05) is 7.11 Å². The highest BCUT2D eigenvalue weighted by Crippen LogP contribution is 2.23. The summed E-state index contributed by atoms with van der Waals surface area (Å²) in [5.74, 6) is 1.74. The van der Waals surface area contributed by atoms with Gasteiger partial charge in [-0.15, -0.1) is 11.3 Å². The van der Waals surface area contributed by atoms with Crippen molar-refractivity contribution in [2.45, 2.75) is 32.7 Å². The summed E-state index contributed by atoms with van der Waals surface area (Å²) in [5.41, 5.74) is 0.798. The van der Waals surface area contributed by atoms with Crippen LogP contribution in [0.1, 0.15) is 37.2 Å². The largest absolute Gasteiger partial charge is 0.497 e. The fourth-order valence-corrected chi connectivity index (χ4v) is 3.37. The van der Waals surface area contributed by atoms with Gasteiger partial charge in [0.15, 0.2) is 0 Å². The van der Waals surface area contributed by atoms with E-state index in [1.807, 2.05) is 29.6 Å². The molecule has 2 heterocycles. The third-order valence-electron chi connectivity index (χ3n) is 3.92. The van der Waals surface area contributed by atoms with Crippen molar-refractivity contribution in [1.29, 1.82) is 0 Å². The number of thiazole rings is 1. The number of hydrogen-bond acceptors (Lipinski definition) is 7. The van der Waals surface area contributed by atoms with Crippen molar-refractivity contribution in [1.82, 2.24) is 20.4 Å². The van der Waals surface area contributed by atoms with Gasteiger partial charge in [-0.1, -0.05) is 19.0 Å². The normalized spacial score (nSPS) is 12.1. The van der Waals surface area contributed by atoms with Crippen LogP contribution in [0.3, 0.4) is 0 Å². The number of carbonyl (C=O) groups is 1. The SMILES string of the molecule is COc1ccc(-c2noc(CC(=O)NC(CC(C)C)c3nccs3)n2)cc1. The van der Waals surface area contributed by atoms with Gasteiger partial charge in [0.25, 0.3) is 0 Å². The molecule has 0 saturated heterocycles. The fraction of sp³-hybridized carbons (Fsp3) is 0.368. The summed E-state index contributed by atoms with van der Waals surface area (Å²) in [6.45, 7) is 4.23. The van der Waals surface area contributed by atoms with Crippen LogP contribution in [0.25, 0.3) is 11.4 Å². The molecule has 0 radical (unpaired) electrons. The monoisotopic (exact) mass is 386 g/mol. The van der Waals surface area contributed by atoms with Crippen LogP contribution in [0.4, 0.5) is 0 Å². The maximum atomic E-state index is 12.5. The Bertz CT molecular complexity index is 859. The molecule has 0 aliphatic carbocycles. The number of ether oxygens (including phenoxy) is 1. The zero-order chi connectivity index (χ0) is 19.2. The summed E-state index contributed by atoms with van der Waals surface area (Å²) in [6, 6.07) is 7.22. The minimum atomic E-state index is -0.166. The highest BCUT2D eigenvalue weighted by molar-refractivity contribution is 7.09. The molecule has 2 aromatic heterocycles. The number of amides is 1. The van der Waals surface area contributed by atoms with E-state index in [4.69, 9.17) is 9.26 Å². The van der Waals surface area contributed by atoms with Crippen LogP contribution in [0.2, 0.25) is 0 Å². The van der Waals surface area contributed by atoms with E-state index < -0.39 is 0 Å². The van der Waals surface area contributed by atoms with Gasteiger partial charge in [-0.05, 0) is 36.6 Å². The molecule has 3 rings (SSSR count). The molecule has 7 nitrogen and oxygen atoms in total. The first-order valence-corrected chi connectivity index (χ1v) is 9.59. The van der Waals surface area contributed by atoms with Crippen LogP contribution in [0.5, 0.6) is 5.75 Å². The summed E-state index contributed by atoms with van der Waals surface area (Å²) < 4.78 is 10.4. The highest BCUT2D eigenvalue weighted by atomic mass is 32.1. The number of nitrogens with zero attached hydrogens (tertiary/aromatic N) is 3. The van der Waals surface area contributed by atoms with E-state index in [1.165, 1.54) is 11.3 Å². The maximum absolute atomic E-state index is 12.5. The molecule has 0 bridgehead atoms. The number of aromatic nitrogens is 3. The summed E-state index contributed by atoms with van der Waals surface area (Å²) in [5, 5.41) is 9.80. The molecule has 0 aliphatic heterocycles. The highest BCUT2D eigenvalue weighted by Gasteiger charge is 2.20. The smallest absolute Gasteiger partial charge is 0.236 e. The van der Waals surface area contributed by atoms with E-state index in [1.54, 1.807) is 13.3 Å². The summed E-state index contributed by atoms with van der Waals surface area (Å²) in [6.07, 6.45) is 2.60. The molecule has 0 saturated carbocycles. The van der Waals surface area contributed by atoms with Gasteiger partial charge in [0.2, 0.25) is 17.6 Å². The standard InChI is InChI=1S/C19H22N4O3S/c1-12(2)10-15(19-20-8-9-27-19)21-16(24)11-17-22-18(23-26-17)13-4-6-14(25-3)7-5-13/h4-9,12,15H,10-11H2,1-3H3,(H,21,24). The lowest BCUT2D eigenvalue weighted by Crippen LogP contribution is -2.30. The zero-order valence-corrected chi connectivity index (χ0v) is 16.3. The van der Waals surface area contributed by atoms with Gasteiger partial charge in [0, 0.05) is 17.1 Å². The number of nitrogens with one attached hydrogen (secondary N) is 1.